The smallest absolute Gasteiger partial charge is 0.387 e. The summed E-state index contributed by atoms with van der Waals surface area (Å²) in [5.41, 5.74) is 1.28. The SMILES string of the molecule is COc1cccc(/C=C/C(=O)Nc2ccc(C(=O)NC3CC3)cc2)c1OC(F)F. The van der Waals surface area contributed by atoms with Crippen molar-refractivity contribution in [2.45, 2.75) is 25.5 Å². The van der Waals surface area contributed by atoms with Crippen LogP contribution < -0.4 is 20.1 Å². The zero-order valence-corrected chi connectivity index (χ0v) is 15.7. The molecule has 8 heteroatoms. The van der Waals surface area contributed by atoms with Crippen LogP contribution in [0.2, 0.25) is 0 Å². The number of nitrogens with one attached hydrogen (secondary N) is 2. The fraction of sp³-hybridized carbons (Fsp3) is 0.238. The van der Waals surface area contributed by atoms with Crippen molar-refractivity contribution in [3.05, 3.63) is 59.7 Å². The molecule has 0 spiro atoms. The van der Waals surface area contributed by atoms with Gasteiger partial charge < -0.3 is 20.1 Å². The minimum absolute atomic E-state index is 0.132. The Labute approximate surface area is 166 Å². The van der Waals surface area contributed by atoms with E-state index in [9.17, 15) is 18.4 Å². The number of hydrogen-bond donors (Lipinski definition) is 2. The zero-order valence-electron chi connectivity index (χ0n) is 15.7. The van der Waals surface area contributed by atoms with E-state index in [-0.39, 0.29) is 29.0 Å². The molecule has 0 aromatic heterocycles. The van der Waals surface area contributed by atoms with Gasteiger partial charge in [-0.3, -0.25) is 9.59 Å². The summed E-state index contributed by atoms with van der Waals surface area (Å²) >= 11 is 0. The molecule has 6 nitrogen and oxygen atoms in total. The Balaban J connectivity index is 1.64. The number of methoxy groups -OCH3 is 1. The monoisotopic (exact) mass is 402 g/mol. The second kappa shape index (κ2) is 9.18. The molecule has 29 heavy (non-hydrogen) atoms. The molecule has 0 saturated heterocycles. The van der Waals surface area contributed by atoms with E-state index in [2.05, 4.69) is 15.4 Å². The lowest BCUT2D eigenvalue weighted by Gasteiger charge is -2.12. The topological polar surface area (TPSA) is 76.7 Å². The molecule has 0 aliphatic heterocycles. The predicted molar refractivity (Wildman–Crippen MR) is 104 cm³/mol. The fourth-order valence-corrected chi connectivity index (χ4v) is 2.59. The van der Waals surface area contributed by atoms with Crippen molar-refractivity contribution in [3.8, 4) is 11.5 Å². The molecule has 1 aliphatic rings. The molecule has 3 rings (SSSR count). The number of anilines is 1. The van der Waals surface area contributed by atoms with Gasteiger partial charge in [0.2, 0.25) is 5.91 Å². The average molecular weight is 402 g/mol. The van der Waals surface area contributed by atoms with Crippen molar-refractivity contribution in [3.63, 3.8) is 0 Å². The van der Waals surface area contributed by atoms with E-state index in [0.29, 0.717) is 11.3 Å². The van der Waals surface area contributed by atoms with E-state index in [1.165, 1.54) is 31.4 Å². The highest BCUT2D eigenvalue weighted by Crippen LogP contribution is 2.33. The molecule has 0 atom stereocenters. The Morgan fingerprint density at radius 3 is 2.48 bits per heavy atom. The number of alkyl halides is 2. The summed E-state index contributed by atoms with van der Waals surface area (Å²) in [5.74, 6) is -0.631. The van der Waals surface area contributed by atoms with E-state index in [1.807, 2.05) is 0 Å². The second-order valence-electron chi connectivity index (χ2n) is 6.40. The van der Waals surface area contributed by atoms with Gasteiger partial charge in [-0.1, -0.05) is 12.1 Å². The van der Waals surface area contributed by atoms with Crippen LogP contribution in [0.3, 0.4) is 0 Å². The van der Waals surface area contributed by atoms with Crippen LogP contribution >= 0.6 is 0 Å². The molecule has 0 radical (unpaired) electrons. The number of hydrogen-bond acceptors (Lipinski definition) is 4. The fourth-order valence-electron chi connectivity index (χ4n) is 2.59. The van der Waals surface area contributed by atoms with Crippen LogP contribution in [0.1, 0.15) is 28.8 Å². The van der Waals surface area contributed by atoms with Crippen molar-refractivity contribution < 1.29 is 27.8 Å². The number of halogens is 2. The summed E-state index contributed by atoms with van der Waals surface area (Å²) in [7, 11) is 1.34. The molecule has 2 aromatic carbocycles. The van der Waals surface area contributed by atoms with Crippen LogP contribution in [-0.2, 0) is 4.79 Å². The lowest BCUT2D eigenvalue weighted by molar-refractivity contribution is -0.111. The Hall–Kier alpha value is -3.42. The van der Waals surface area contributed by atoms with Gasteiger partial charge in [0.1, 0.15) is 0 Å². The maximum Gasteiger partial charge on any atom is 0.387 e. The molecule has 2 amide bonds. The first-order valence-corrected chi connectivity index (χ1v) is 8.98. The molecule has 0 bridgehead atoms. The van der Waals surface area contributed by atoms with Crippen molar-refractivity contribution in [1.29, 1.82) is 0 Å². The minimum atomic E-state index is -3.03. The maximum absolute atomic E-state index is 12.7. The van der Waals surface area contributed by atoms with E-state index < -0.39 is 12.5 Å². The molecule has 0 heterocycles. The van der Waals surface area contributed by atoms with Crippen LogP contribution in [0.5, 0.6) is 11.5 Å². The highest BCUT2D eigenvalue weighted by molar-refractivity contribution is 6.02. The number of amides is 2. The van der Waals surface area contributed by atoms with Gasteiger partial charge in [-0.25, -0.2) is 0 Å². The summed E-state index contributed by atoms with van der Waals surface area (Å²) in [4.78, 5) is 24.1. The van der Waals surface area contributed by atoms with Gasteiger partial charge >= 0.3 is 6.61 Å². The molecule has 2 N–H and O–H groups in total. The average Bonchev–Trinajstić information content (AvgIpc) is 3.51. The van der Waals surface area contributed by atoms with Crippen LogP contribution in [0.4, 0.5) is 14.5 Å². The van der Waals surface area contributed by atoms with Crippen LogP contribution in [0, 0.1) is 0 Å². The van der Waals surface area contributed by atoms with Crippen molar-refractivity contribution in [2.75, 3.05) is 12.4 Å². The maximum atomic E-state index is 12.7. The van der Waals surface area contributed by atoms with E-state index in [1.54, 1.807) is 30.3 Å². The number of benzene rings is 2. The molecule has 1 aliphatic carbocycles. The van der Waals surface area contributed by atoms with Gasteiger partial charge in [-0.2, -0.15) is 8.78 Å². The molecular formula is C21H20F2N2O4. The standard InChI is InChI=1S/C21H20F2N2O4/c1-28-17-4-2-3-13(19(17)29-21(22)23)7-12-18(26)24-15-8-5-14(6-9-15)20(27)25-16-10-11-16/h2-9,12,16,21H,10-11H2,1H3,(H,24,26)(H,25,27)/b12-7+. The third-order valence-corrected chi connectivity index (χ3v) is 4.18. The summed E-state index contributed by atoms with van der Waals surface area (Å²) in [6.07, 6.45) is 4.56. The molecule has 0 unspecified atom stereocenters. The van der Waals surface area contributed by atoms with Crippen LogP contribution in [0.25, 0.3) is 6.08 Å². The summed E-state index contributed by atoms with van der Waals surface area (Å²) in [6.45, 7) is -3.03. The van der Waals surface area contributed by atoms with Gasteiger partial charge in [0.25, 0.3) is 5.91 Å². The predicted octanol–water partition coefficient (Wildman–Crippen LogP) is 3.84. The number of carbonyl (C=O) groups is 2. The first-order valence-electron chi connectivity index (χ1n) is 8.98. The van der Waals surface area contributed by atoms with Gasteiger partial charge in [-0.05, 0) is 49.2 Å². The van der Waals surface area contributed by atoms with Crippen molar-refractivity contribution in [2.24, 2.45) is 0 Å². The van der Waals surface area contributed by atoms with Crippen LogP contribution in [-0.4, -0.2) is 31.6 Å². The van der Waals surface area contributed by atoms with E-state index in [4.69, 9.17) is 4.74 Å². The zero-order chi connectivity index (χ0) is 20.8. The largest absolute Gasteiger partial charge is 0.493 e. The minimum Gasteiger partial charge on any atom is -0.493 e. The van der Waals surface area contributed by atoms with Gasteiger partial charge in [-0.15, -0.1) is 0 Å². The molecular weight excluding hydrogens is 382 g/mol. The second-order valence-corrected chi connectivity index (χ2v) is 6.40. The Morgan fingerprint density at radius 1 is 1.14 bits per heavy atom. The van der Waals surface area contributed by atoms with Gasteiger partial charge in [0.05, 0.1) is 7.11 Å². The Morgan fingerprint density at radius 2 is 1.86 bits per heavy atom. The molecule has 1 fully saturated rings. The molecule has 2 aromatic rings. The third-order valence-electron chi connectivity index (χ3n) is 4.18. The number of rotatable bonds is 8. The summed E-state index contributed by atoms with van der Waals surface area (Å²) in [5, 5.41) is 5.53. The third kappa shape index (κ3) is 5.78. The number of carbonyl (C=O) groups excluding carboxylic acids is 2. The van der Waals surface area contributed by atoms with Crippen molar-refractivity contribution in [1.82, 2.24) is 5.32 Å². The normalized spacial score (nSPS) is 13.4. The lowest BCUT2D eigenvalue weighted by Crippen LogP contribution is -2.25. The Bertz CT molecular complexity index is 909. The number of ether oxygens (including phenoxy) is 2. The highest BCUT2D eigenvalue weighted by atomic mass is 19.3. The van der Waals surface area contributed by atoms with E-state index >= 15 is 0 Å². The first-order chi connectivity index (χ1) is 14.0. The van der Waals surface area contributed by atoms with Gasteiger partial charge in [0.15, 0.2) is 11.5 Å². The highest BCUT2D eigenvalue weighted by Gasteiger charge is 2.23. The lowest BCUT2D eigenvalue weighted by atomic mass is 10.1. The molecule has 152 valence electrons. The van der Waals surface area contributed by atoms with Gasteiger partial charge in [0, 0.05) is 28.9 Å². The summed E-state index contributed by atoms with van der Waals surface area (Å²) < 4.78 is 34.8. The number of para-hydroxylation sites is 1. The van der Waals surface area contributed by atoms with Crippen LogP contribution in [0.15, 0.2) is 48.5 Å². The molecule has 1 saturated carbocycles. The van der Waals surface area contributed by atoms with Crippen molar-refractivity contribution >= 4 is 23.6 Å². The Kier molecular flexibility index (Phi) is 6.43. The first kappa shape index (κ1) is 20.3. The quantitative estimate of drug-likeness (QED) is 0.658. The van der Waals surface area contributed by atoms with E-state index in [0.717, 1.165) is 12.8 Å². The summed E-state index contributed by atoms with van der Waals surface area (Å²) in [6, 6.07) is 11.3.